The average molecular weight is 264 g/mol. The smallest absolute Gasteiger partial charge is 0.368 e. The van der Waals surface area contributed by atoms with Crippen molar-refractivity contribution in [3.63, 3.8) is 0 Å². The maximum Gasteiger partial charge on any atom is 0.398 e. The normalized spacial score (nSPS) is 17.0. The minimum atomic E-state index is -4.77. The Morgan fingerprint density at radius 2 is 1.67 bits per heavy atom. The summed E-state index contributed by atoms with van der Waals surface area (Å²) in [6, 6.07) is 3.60. The maximum absolute atomic E-state index is 13.0. The zero-order chi connectivity index (χ0) is 14.1. The first-order valence-electron chi connectivity index (χ1n) is 4.97. The molecule has 7 heteroatoms. The van der Waals surface area contributed by atoms with Crippen LogP contribution >= 0.6 is 0 Å². The number of rotatable bonds is 3. The van der Waals surface area contributed by atoms with Crippen molar-refractivity contribution in [2.24, 2.45) is 11.5 Å². The molecule has 0 aromatic heterocycles. The largest absolute Gasteiger partial charge is 0.398 e. The summed E-state index contributed by atoms with van der Waals surface area (Å²) in [5, 5.41) is 0. The van der Waals surface area contributed by atoms with E-state index in [1.54, 1.807) is 0 Å². The van der Waals surface area contributed by atoms with Crippen molar-refractivity contribution >= 4 is 5.91 Å². The number of hydrogen-bond donors (Lipinski definition) is 2. The van der Waals surface area contributed by atoms with Gasteiger partial charge in [0.2, 0.25) is 5.91 Å². The van der Waals surface area contributed by atoms with E-state index in [0.29, 0.717) is 0 Å². The molecule has 1 unspecified atom stereocenters. The van der Waals surface area contributed by atoms with E-state index in [9.17, 15) is 22.4 Å². The predicted octanol–water partition coefficient (Wildman–Crippen LogP) is 1.67. The van der Waals surface area contributed by atoms with Crippen molar-refractivity contribution in [1.82, 2.24) is 0 Å². The molecule has 0 fully saturated rings. The van der Waals surface area contributed by atoms with E-state index in [4.69, 9.17) is 11.5 Å². The number of carbonyl (C=O) groups excluding carboxylic acids is 1. The Hall–Kier alpha value is -1.63. The second-order valence-electron chi connectivity index (χ2n) is 4.17. The summed E-state index contributed by atoms with van der Waals surface area (Å²) in [4.78, 5) is 11.1. The lowest BCUT2D eigenvalue weighted by Crippen LogP contribution is -2.57. The van der Waals surface area contributed by atoms with Crippen LogP contribution in [0.2, 0.25) is 0 Å². The van der Waals surface area contributed by atoms with E-state index in [0.717, 1.165) is 31.2 Å². The third kappa shape index (κ3) is 2.79. The lowest BCUT2D eigenvalue weighted by atomic mass is 9.80. The van der Waals surface area contributed by atoms with Crippen molar-refractivity contribution in [3.8, 4) is 0 Å². The number of carbonyl (C=O) groups is 1. The van der Waals surface area contributed by atoms with Gasteiger partial charge in [0.15, 0.2) is 0 Å². The van der Waals surface area contributed by atoms with E-state index in [-0.39, 0.29) is 5.56 Å². The molecule has 4 N–H and O–H groups in total. The number of primary amides is 1. The van der Waals surface area contributed by atoms with Gasteiger partial charge in [-0.2, -0.15) is 13.2 Å². The van der Waals surface area contributed by atoms with Crippen molar-refractivity contribution in [3.05, 3.63) is 35.6 Å². The van der Waals surface area contributed by atoms with Crippen LogP contribution in [-0.2, 0) is 4.79 Å². The van der Waals surface area contributed by atoms with Gasteiger partial charge in [-0.05, 0) is 24.6 Å². The van der Waals surface area contributed by atoms with E-state index in [1.165, 1.54) is 0 Å². The fourth-order valence-corrected chi connectivity index (χ4v) is 1.67. The molecule has 100 valence electrons. The lowest BCUT2D eigenvalue weighted by molar-refractivity contribution is -0.169. The highest BCUT2D eigenvalue weighted by Gasteiger charge is 2.53. The molecule has 0 radical (unpaired) electrons. The molecular weight excluding hydrogens is 252 g/mol. The monoisotopic (exact) mass is 264 g/mol. The van der Waals surface area contributed by atoms with Crippen LogP contribution in [0, 0.1) is 5.82 Å². The molecule has 0 spiro atoms. The zero-order valence-electron chi connectivity index (χ0n) is 9.46. The molecule has 1 aromatic carbocycles. The Morgan fingerprint density at radius 1 is 1.22 bits per heavy atom. The van der Waals surface area contributed by atoms with Crippen LogP contribution in [0.3, 0.4) is 0 Å². The van der Waals surface area contributed by atoms with Gasteiger partial charge in [-0.1, -0.05) is 12.1 Å². The Kier molecular flexibility index (Phi) is 3.66. The Balaban J connectivity index is 3.31. The quantitative estimate of drug-likeness (QED) is 0.815. The van der Waals surface area contributed by atoms with E-state index in [1.807, 2.05) is 0 Å². The Morgan fingerprint density at radius 3 is 2.00 bits per heavy atom. The number of nitrogens with two attached hydrogens (primary N) is 2. The molecule has 1 aromatic rings. The van der Waals surface area contributed by atoms with E-state index < -0.39 is 29.4 Å². The van der Waals surface area contributed by atoms with Gasteiger partial charge in [-0.25, -0.2) is 4.39 Å². The number of amides is 1. The van der Waals surface area contributed by atoms with Crippen LogP contribution in [0.4, 0.5) is 17.6 Å². The number of hydrogen-bond acceptors (Lipinski definition) is 2. The summed E-state index contributed by atoms with van der Waals surface area (Å²) >= 11 is 0. The molecule has 1 rings (SSSR count). The van der Waals surface area contributed by atoms with Gasteiger partial charge in [0.05, 0.1) is 0 Å². The van der Waals surface area contributed by atoms with Crippen LogP contribution in [0.15, 0.2) is 24.3 Å². The molecular formula is C11H12F4N2O. The van der Waals surface area contributed by atoms with Gasteiger partial charge in [-0.15, -0.1) is 0 Å². The minimum absolute atomic E-state index is 0.312. The third-order valence-electron chi connectivity index (χ3n) is 2.66. The second-order valence-corrected chi connectivity index (χ2v) is 4.17. The summed E-state index contributed by atoms with van der Waals surface area (Å²) in [6.45, 7) is 0.900. The minimum Gasteiger partial charge on any atom is -0.368 e. The van der Waals surface area contributed by atoms with Gasteiger partial charge >= 0.3 is 6.18 Å². The molecule has 0 aliphatic carbocycles. The van der Waals surface area contributed by atoms with Gasteiger partial charge in [0, 0.05) is 0 Å². The number of alkyl halides is 3. The fraction of sp³-hybridized carbons (Fsp3) is 0.364. The van der Waals surface area contributed by atoms with Crippen LogP contribution in [-0.4, -0.2) is 17.6 Å². The molecule has 0 saturated carbocycles. The van der Waals surface area contributed by atoms with Crippen LogP contribution in [0.1, 0.15) is 18.4 Å². The van der Waals surface area contributed by atoms with Gasteiger partial charge < -0.3 is 11.5 Å². The first-order valence-corrected chi connectivity index (χ1v) is 4.97. The first-order chi connectivity index (χ1) is 8.06. The van der Waals surface area contributed by atoms with Crippen LogP contribution in [0.25, 0.3) is 0 Å². The maximum atomic E-state index is 13.0. The predicted molar refractivity (Wildman–Crippen MR) is 57.0 cm³/mol. The number of benzene rings is 1. The molecule has 0 aliphatic rings. The first kappa shape index (κ1) is 14.4. The highest BCUT2D eigenvalue weighted by molar-refractivity contribution is 5.85. The SMILES string of the molecule is CC(N)(C(N)=O)[C@H](c1ccc(F)cc1)C(F)(F)F. The lowest BCUT2D eigenvalue weighted by Gasteiger charge is -2.33. The second kappa shape index (κ2) is 4.56. The van der Waals surface area contributed by atoms with Gasteiger partial charge in [0.25, 0.3) is 0 Å². The summed E-state index contributed by atoms with van der Waals surface area (Å²) in [6.07, 6.45) is -4.77. The fourth-order valence-electron chi connectivity index (χ4n) is 1.67. The average Bonchev–Trinajstić information content (AvgIpc) is 2.18. The highest BCUT2D eigenvalue weighted by Crippen LogP contribution is 2.41. The summed E-state index contributed by atoms with van der Waals surface area (Å²) in [7, 11) is 0. The highest BCUT2D eigenvalue weighted by atomic mass is 19.4. The molecule has 0 saturated heterocycles. The molecule has 0 heterocycles. The topological polar surface area (TPSA) is 69.1 Å². The van der Waals surface area contributed by atoms with Gasteiger partial charge in [-0.3, -0.25) is 4.79 Å². The zero-order valence-corrected chi connectivity index (χ0v) is 9.46. The van der Waals surface area contributed by atoms with E-state index >= 15 is 0 Å². The summed E-state index contributed by atoms with van der Waals surface area (Å²) in [5.41, 5.74) is 7.65. The summed E-state index contributed by atoms with van der Waals surface area (Å²) in [5.74, 6) is -4.25. The molecule has 0 aliphatic heterocycles. The third-order valence-corrected chi connectivity index (χ3v) is 2.66. The Labute approximate surface area is 101 Å². The number of halogens is 4. The standard InChI is InChI=1S/C11H12F4N2O/c1-10(17,9(16)18)8(11(13,14)15)6-2-4-7(12)5-3-6/h2-5,8H,17H2,1H3,(H2,16,18)/t8-,10?/m0/s1. The summed E-state index contributed by atoms with van der Waals surface area (Å²) < 4.78 is 51.6. The van der Waals surface area contributed by atoms with Crippen molar-refractivity contribution in [2.75, 3.05) is 0 Å². The van der Waals surface area contributed by atoms with Crippen LogP contribution in [0.5, 0.6) is 0 Å². The Bertz CT molecular complexity index is 439. The van der Waals surface area contributed by atoms with Gasteiger partial charge in [0.1, 0.15) is 17.3 Å². The van der Waals surface area contributed by atoms with Crippen molar-refractivity contribution < 1.29 is 22.4 Å². The molecule has 2 atom stereocenters. The molecule has 0 bridgehead atoms. The van der Waals surface area contributed by atoms with E-state index in [2.05, 4.69) is 0 Å². The molecule has 18 heavy (non-hydrogen) atoms. The van der Waals surface area contributed by atoms with Crippen molar-refractivity contribution in [1.29, 1.82) is 0 Å². The van der Waals surface area contributed by atoms with Crippen LogP contribution < -0.4 is 11.5 Å². The van der Waals surface area contributed by atoms with Crippen molar-refractivity contribution in [2.45, 2.75) is 24.6 Å². The molecule has 3 nitrogen and oxygen atoms in total. The molecule has 1 amide bonds.